The molecule has 1 heterocycles. The number of benzene rings is 1. The Labute approximate surface area is 96.8 Å². The van der Waals surface area contributed by atoms with Crippen LogP contribution in [0.1, 0.15) is 18.4 Å². The molecule has 0 aliphatic carbocycles. The quantitative estimate of drug-likeness (QED) is 0.842. The van der Waals surface area contributed by atoms with Gasteiger partial charge in [-0.15, -0.1) is 0 Å². The molecule has 1 atom stereocenters. The Morgan fingerprint density at radius 2 is 2.12 bits per heavy atom. The lowest BCUT2D eigenvalue weighted by molar-refractivity contribution is 0.118. The molecular formula is C13H19NO2. The van der Waals surface area contributed by atoms with Crippen molar-refractivity contribution in [2.75, 3.05) is 27.4 Å². The lowest BCUT2D eigenvalue weighted by Gasteiger charge is -2.30. The molecule has 0 bridgehead atoms. The number of nitrogens with one attached hydrogen (secondary N) is 1. The molecule has 3 heteroatoms. The van der Waals surface area contributed by atoms with Crippen molar-refractivity contribution in [1.82, 2.24) is 5.32 Å². The third kappa shape index (κ3) is 1.93. The molecule has 1 unspecified atom stereocenters. The summed E-state index contributed by atoms with van der Waals surface area (Å²) in [6.45, 7) is 1.73. The van der Waals surface area contributed by atoms with Gasteiger partial charge in [0, 0.05) is 12.7 Å². The Kier molecular flexibility index (Phi) is 3.46. The molecule has 1 aromatic rings. The van der Waals surface area contributed by atoms with Crippen LogP contribution < -0.4 is 10.1 Å². The predicted octanol–water partition coefficient (Wildman–Crippen LogP) is 1.92. The minimum Gasteiger partial charge on any atom is -0.496 e. The van der Waals surface area contributed by atoms with Crippen LogP contribution in [0.4, 0.5) is 0 Å². The Bertz CT molecular complexity index is 346. The molecule has 1 aromatic carbocycles. The number of ether oxygens (including phenoxy) is 2. The van der Waals surface area contributed by atoms with Gasteiger partial charge in [0.25, 0.3) is 0 Å². The Balaban J connectivity index is 2.38. The van der Waals surface area contributed by atoms with E-state index in [1.807, 2.05) is 12.1 Å². The normalized spacial score (nSPS) is 24.6. The summed E-state index contributed by atoms with van der Waals surface area (Å²) in [4.78, 5) is 0. The number of hydrogen-bond donors (Lipinski definition) is 1. The first-order valence-corrected chi connectivity index (χ1v) is 5.70. The van der Waals surface area contributed by atoms with Crippen molar-refractivity contribution in [2.24, 2.45) is 0 Å². The van der Waals surface area contributed by atoms with E-state index in [1.54, 1.807) is 14.2 Å². The van der Waals surface area contributed by atoms with E-state index in [1.165, 1.54) is 12.0 Å². The Morgan fingerprint density at radius 1 is 1.31 bits per heavy atom. The molecule has 2 rings (SSSR count). The molecule has 0 saturated carbocycles. The second kappa shape index (κ2) is 4.85. The molecule has 0 amide bonds. The highest BCUT2D eigenvalue weighted by Gasteiger charge is 2.37. The molecule has 1 aliphatic heterocycles. The summed E-state index contributed by atoms with van der Waals surface area (Å²) in [5.41, 5.74) is 1.14. The minimum absolute atomic E-state index is 0.0681. The third-order valence-corrected chi connectivity index (χ3v) is 3.26. The van der Waals surface area contributed by atoms with Crippen LogP contribution in [0.25, 0.3) is 0 Å². The topological polar surface area (TPSA) is 30.5 Å². The van der Waals surface area contributed by atoms with Gasteiger partial charge in [0.1, 0.15) is 5.75 Å². The molecule has 3 nitrogen and oxygen atoms in total. The minimum atomic E-state index is -0.0681. The maximum absolute atomic E-state index is 5.43. The molecule has 1 aliphatic rings. The van der Waals surface area contributed by atoms with Crippen LogP contribution >= 0.6 is 0 Å². The largest absolute Gasteiger partial charge is 0.496 e. The first-order chi connectivity index (χ1) is 7.82. The van der Waals surface area contributed by atoms with E-state index in [4.69, 9.17) is 9.47 Å². The van der Waals surface area contributed by atoms with Crippen LogP contribution in [0.5, 0.6) is 5.75 Å². The van der Waals surface area contributed by atoms with Crippen molar-refractivity contribution in [3.05, 3.63) is 29.8 Å². The second-order valence-electron chi connectivity index (χ2n) is 4.25. The summed E-state index contributed by atoms with van der Waals surface area (Å²) in [5.74, 6) is 0.939. The van der Waals surface area contributed by atoms with E-state index in [9.17, 15) is 0 Å². The van der Waals surface area contributed by atoms with Crippen molar-refractivity contribution in [1.29, 1.82) is 0 Å². The zero-order chi connectivity index (χ0) is 11.4. The number of hydrogen-bond acceptors (Lipinski definition) is 3. The lowest BCUT2D eigenvalue weighted by Crippen LogP contribution is -2.41. The number of rotatable bonds is 4. The van der Waals surface area contributed by atoms with Crippen LogP contribution in [0.3, 0.4) is 0 Å². The zero-order valence-corrected chi connectivity index (χ0v) is 9.95. The lowest BCUT2D eigenvalue weighted by atomic mass is 9.88. The summed E-state index contributed by atoms with van der Waals surface area (Å²) < 4.78 is 10.8. The molecule has 1 fully saturated rings. The second-order valence-corrected chi connectivity index (χ2v) is 4.25. The third-order valence-electron chi connectivity index (χ3n) is 3.26. The van der Waals surface area contributed by atoms with Crippen molar-refractivity contribution < 1.29 is 9.47 Å². The fraction of sp³-hybridized carbons (Fsp3) is 0.538. The molecule has 1 N–H and O–H groups in total. The summed E-state index contributed by atoms with van der Waals surface area (Å²) in [6.07, 6.45) is 2.28. The highest BCUT2D eigenvalue weighted by Crippen LogP contribution is 2.36. The summed E-state index contributed by atoms with van der Waals surface area (Å²) in [6, 6.07) is 8.18. The highest BCUT2D eigenvalue weighted by atomic mass is 16.5. The summed E-state index contributed by atoms with van der Waals surface area (Å²) in [5, 5.41) is 3.56. The van der Waals surface area contributed by atoms with Crippen LogP contribution in [0, 0.1) is 0 Å². The van der Waals surface area contributed by atoms with Gasteiger partial charge in [-0.3, -0.25) is 0 Å². The van der Waals surface area contributed by atoms with Crippen LogP contribution in [0.2, 0.25) is 0 Å². The Morgan fingerprint density at radius 3 is 2.75 bits per heavy atom. The van der Waals surface area contributed by atoms with E-state index in [2.05, 4.69) is 17.4 Å². The summed E-state index contributed by atoms with van der Waals surface area (Å²) in [7, 11) is 3.46. The fourth-order valence-electron chi connectivity index (χ4n) is 2.52. The molecular weight excluding hydrogens is 202 g/mol. The summed E-state index contributed by atoms with van der Waals surface area (Å²) >= 11 is 0. The SMILES string of the molecule is COCC1(c2ccccc2OC)CCCN1. The molecule has 0 spiro atoms. The van der Waals surface area contributed by atoms with E-state index >= 15 is 0 Å². The molecule has 88 valence electrons. The predicted molar refractivity (Wildman–Crippen MR) is 63.8 cm³/mol. The van der Waals surface area contributed by atoms with Gasteiger partial charge >= 0.3 is 0 Å². The first kappa shape index (κ1) is 11.4. The van der Waals surface area contributed by atoms with E-state index < -0.39 is 0 Å². The van der Waals surface area contributed by atoms with Crippen LogP contribution in [0.15, 0.2) is 24.3 Å². The standard InChI is InChI=1S/C13H19NO2/c1-15-10-13(8-5-9-14-13)11-6-3-4-7-12(11)16-2/h3-4,6-7,14H,5,8-10H2,1-2H3. The van der Waals surface area contributed by atoms with Crippen molar-refractivity contribution in [3.8, 4) is 5.75 Å². The molecule has 0 radical (unpaired) electrons. The average molecular weight is 221 g/mol. The highest BCUT2D eigenvalue weighted by molar-refractivity contribution is 5.40. The van der Waals surface area contributed by atoms with E-state index in [0.717, 1.165) is 18.7 Å². The average Bonchev–Trinajstić information content (AvgIpc) is 2.79. The fourth-order valence-corrected chi connectivity index (χ4v) is 2.52. The van der Waals surface area contributed by atoms with Gasteiger partial charge in [-0.2, -0.15) is 0 Å². The number of methoxy groups -OCH3 is 2. The van der Waals surface area contributed by atoms with Gasteiger partial charge in [0.05, 0.1) is 19.3 Å². The van der Waals surface area contributed by atoms with Gasteiger partial charge < -0.3 is 14.8 Å². The van der Waals surface area contributed by atoms with Gasteiger partial charge in [-0.25, -0.2) is 0 Å². The van der Waals surface area contributed by atoms with Crippen molar-refractivity contribution >= 4 is 0 Å². The maximum Gasteiger partial charge on any atom is 0.124 e. The molecule has 0 aromatic heterocycles. The molecule has 1 saturated heterocycles. The van der Waals surface area contributed by atoms with Crippen LogP contribution in [-0.4, -0.2) is 27.4 Å². The smallest absolute Gasteiger partial charge is 0.124 e. The monoisotopic (exact) mass is 221 g/mol. The van der Waals surface area contributed by atoms with Crippen molar-refractivity contribution in [3.63, 3.8) is 0 Å². The van der Waals surface area contributed by atoms with Gasteiger partial charge in [-0.05, 0) is 25.5 Å². The van der Waals surface area contributed by atoms with Gasteiger partial charge in [0.2, 0.25) is 0 Å². The number of para-hydroxylation sites is 1. The van der Waals surface area contributed by atoms with Gasteiger partial charge in [0.15, 0.2) is 0 Å². The first-order valence-electron chi connectivity index (χ1n) is 5.70. The maximum atomic E-state index is 5.43. The van der Waals surface area contributed by atoms with Gasteiger partial charge in [-0.1, -0.05) is 18.2 Å². The van der Waals surface area contributed by atoms with E-state index in [-0.39, 0.29) is 5.54 Å². The van der Waals surface area contributed by atoms with E-state index in [0.29, 0.717) is 6.61 Å². The Hall–Kier alpha value is -1.06. The zero-order valence-electron chi connectivity index (χ0n) is 9.95. The van der Waals surface area contributed by atoms with Crippen molar-refractivity contribution in [2.45, 2.75) is 18.4 Å². The van der Waals surface area contributed by atoms with Crippen LogP contribution in [-0.2, 0) is 10.3 Å². The molecule has 16 heavy (non-hydrogen) atoms.